The third kappa shape index (κ3) is 2.26. The van der Waals surface area contributed by atoms with E-state index in [1.54, 1.807) is 12.1 Å². The predicted molar refractivity (Wildman–Crippen MR) is 58.5 cm³/mol. The molecule has 1 aliphatic carbocycles. The average molecular weight is 205 g/mol. The summed E-state index contributed by atoms with van der Waals surface area (Å²) in [5, 5.41) is 2.96. The van der Waals surface area contributed by atoms with Crippen molar-refractivity contribution < 1.29 is 4.79 Å². The van der Waals surface area contributed by atoms with E-state index in [2.05, 4.69) is 10.3 Å². The van der Waals surface area contributed by atoms with E-state index in [1.165, 1.54) is 6.42 Å². The van der Waals surface area contributed by atoms with Crippen LogP contribution in [0.2, 0.25) is 0 Å². The molecule has 0 unspecified atom stereocenters. The zero-order valence-corrected chi connectivity index (χ0v) is 8.79. The third-order valence-electron chi connectivity index (χ3n) is 2.68. The number of rotatable bonds is 2. The summed E-state index contributed by atoms with van der Waals surface area (Å²) in [4.78, 5) is 15.8. The van der Waals surface area contributed by atoms with Gasteiger partial charge >= 0.3 is 0 Å². The number of hydrogen-bond acceptors (Lipinski definition) is 3. The van der Waals surface area contributed by atoms with Crippen LogP contribution in [0.3, 0.4) is 0 Å². The van der Waals surface area contributed by atoms with E-state index < -0.39 is 0 Å². The monoisotopic (exact) mass is 205 g/mol. The van der Waals surface area contributed by atoms with E-state index in [4.69, 9.17) is 5.73 Å². The van der Waals surface area contributed by atoms with Crippen molar-refractivity contribution in [2.45, 2.75) is 32.2 Å². The van der Waals surface area contributed by atoms with Gasteiger partial charge < -0.3 is 11.1 Å². The number of carbonyl (C=O) groups is 1. The average Bonchev–Trinajstić information content (AvgIpc) is 2.09. The second-order valence-electron chi connectivity index (χ2n) is 4.02. The standard InChI is InChI=1S/C11H15N3O/c1-7-5-8(6-10(12)13-7)11(15)14-9-3-2-4-9/h5-6,9H,2-4H2,1H3,(H2,12,13)(H,14,15). The van der Waals surface area contributed by atoms with E-state index >= 15 is 0 Å². The van der Waals surface area contributed by atoms with Crippen LogP contribution in [0.1, 0.15) is 35.3 Å². The van der Waals surface area contributed by atoms with E-state index in [9.17, 15) is 4.79 Å². The summed E-state index contributed by atoms with van der Waals surface area (Å²) in [6.07, 6.45) is 3.39. The maximum atomic E-state index is 11.8. The zero-order chi connectivity index (χ0) is 10.8. The summed E-state index contributed by atoms with van der Waals surface area (Å²) >= 11 is 0. The number of aromatic nitrogens is 1. The fourth-order valence-electron chi connectivity index (χ4n) is 1.65. The van der Waals surface area contributed by atoms with Gasteiger partial charge in [-0.15, -0.1) is 0 Å². The summed E-state index contributed by atoms with van der Waals surface area (Å²) in [5.74, 6) is 0.352. The van der Waals surface area contributed by atoms with Gasteiger partial charge in [0.2, 0.25) is 0 Å². The molecule has 0 aromatic carbocycles. The van der Waals surface area contributed by atoms with Crippen LogP contribution in [0, 0.1) is 6.92 Å². The Balaban J connectivity index is 2.10. The fraction of sp³-hybridized carbons (Fsp3) is 0.455. The van der Waals surface area contributed by atoms with Gasteiger partial charge in [-0.25, -0.2) is 4.98 Å². The molecule has 80 valence electrons. The van der Waals surface area contributed by atoms with Crippen LogP contribution in [-0.2, 0) is 0 Å². The van der Waals surface area contributed by atoms with E-state index in [1.807, 2.05) is 6.92 Å². The summed E-state index contributed by atoms with van der Waals surface area (Å²) in [5.41, 5.74) is 6.96. The van der Waals surface area contributed by atoms with Crippen molar-refractivity contribution in [1.29, 1.82) is 0 Å². The second-order valence-corrected chi connectivity index (χ2v) is 4.02. The number of nitrogen functional groups attached to an aromatic ring is 1. The van der Waals surface area contributed by atoms with Gasteiger partial charge in [0.1, 0.15) is 5.82 Å². The van der Waals surface area contributed by atoms with E-state index in [-0.39, 0.29) is 5.91 Å². The molecule has 0 radical (unpaired) electrons. The van der Waals surface area contributed by atoms with Crippen molar-refractivity contribution >= 4 is 11.7 Å². The summed E-state index contributed by atoms with van der Waals surface area (Å²) in [6, 6.07) is 3.72. The van der Waals surface area contributed by atoms with Gasteiger partial charge in [-0.05, 0) is 38.3 Å². The highest BCUT2D eigenvalue weighted by Crippen LogP contribution is 2.18. The molecular formula is C11H15N3O. The van der Waals surface area contributed by atoms with Gasteiger partial charge in [-0.3, -0.25) is 4.79 Å². The van der Waals surface area contributed by atoms with Crippen molar-refractivity contribution in [2.24, 2.45) is 0 Å². The molecular weight excluding hydrogens is 190 g/mol. The van der Waals surface area contributed by atoms with Gasteiger partial charge in [0.15, 0.2) is 0 Å². The molecule has 0 atom stereocenters. The van der Waals surface area contributed by atoms with Crippen molar-refractivity contribution in [3.63, 3.8) is 0 Å². The van der Waals surface area contributed by atoms with Gasteiger partial charge in [0.25, 0.3) is 5.91 Å². The molecule has 1 aromatic heterocycles. The van der Waals surface area contributed by atoms with Crippen LogP contribution in [0.5, 0.6) is 0 Å². The largest absolute Gasteiger partial charge is 0.384 e. The molecule has 4 nitrogen and oxygen atoms in total. The van der Waals surface area contributed by atoms with E-state index in [0.717, 1.165) is 18.5 Å². The zero-order valence-electron chi connectivity index (χ0n) is 8.79. The Morgan fingerprint density at radius 3 is 2.80 bits per heavy atom. The first-order chi connectivity index (χ1) is 7.15. The number of nitrogens with two attached hydrogens (primary N) is 1. The van der Waals surface area contributed by atoms with Crippen LogP contribution >= 0.6 is 0 Å². The number of anilines is 1. The minimum absolute atomic E-state index is 0.0445. The third-order valence-corrected chi connectivity index (χ3v) is 2.68. The Hall–Kier alpha value is -1.58. The van der Waals surface area contributed by atoms with Crippen LogP contribution in [0.4, 0.5) is 5.82 Å². The summed E-state index contributed by atoms with van der Waals surface area (Å²) < 4.78 is 0. The lowest BCUT2D eigenvalue weighted by atomic mass is 9.93. The molecule has 0 spiro atoms. The quantitative estimate of drug-likeness (QED) is 0.763. The molecule has 1 aromatic rings. The first-order valence-electron chi connectivity index (χ1n) is 5.20. The molecule has 0 bridgehead atoms. The van der Waals surface area contributed by atoms with Crippen molar-refractivity contribution in [3.8, 4) is 0 Å². The molecule has 1 aliphatic rings. The van der Waals surface area contributed by atoms with Crippen molar-refractivity contribution in [1.82, 2.24) is 10.3 Å². The number of pyridine rings is 1. The molecule has 4 heteroatoms. The minimum Gasteiger partial charge on any atom is -0.384 e. The molecule has 15 heavy (non-hydrogen) atoms. The highest BCUT2D eigenvalue weighted by molar-refractivity contribution is 5.95. The van der Waals surface area contributed by atoms with Gasteiger partial charge in [-0.2, -0.15) is 0 Å². The van der Waals surface area contributed by atoms with Crippen molar-refractivity contribution in [3.05, 3.63) is 23.4 Å². The smallest absolute Gasteiger partial charge is 0.251 e. The maximum Gasteiger partial charge on any atom is 0.251 e. The SMILES string of the molecule is Cc1cc(C(=O)NC2CCC2)cc(N)n1. The fourth-order valence-corrected chi connectivity index (χ4v) is 1.65. The minimum atomic E-state index is -0.0445. The first-order valence-corrected chi connectivity index (χ1v) is 5.20. The predicted octanol–water partition coefficient (Wildman–Crippen LogP) is 1.25. The van der Waals surface area contributed by atoms with Gasteiger partial charge in [-0.1, -0.05) is 0 Å². The summed E-state index contributed by atoms with van der Waals surface area (Å²) in [6.45, 7) is 1.83. The highest BCUT2D eigenvalue weighted by Gasteiger charge is 2.20. The molecule has 3 N–H and O–H groups in total. The topological polar surface area (TPSA) is 68.0 Å². The number of amides is 1. The number of nitrogens with one attached hydrogen (secondary N) is 1. The number of nitrogens with zero attached hydrogens (tertiary/aromatic N) is 1. The normalized spacial score (nSPS) is 15.8. The van der Waals surface area contributed by atoms with Crippen LogP contribution in [0.15, 0.2) is 12.1 Å². The maximum absolute atomic E-state index is 11.8. The molecule has 0 aliphatic heterocycles. The second kappa shape index (κ2) is 3.88. The van der Waals surface area contributed by atoms with Gasteiger partial charge in [0.05, 0.1) is 0 Å². The number of aryl methyl sites for hydroxylation is 1. The molecule has 1 heterocycles. The molecule has 0 saturated heterocycles. The number of carbonyl (C=O) groups excluding carboxylic acids is 1. The Morgan fingerprint density at radius 1 is 1.53 bits per heavy atom. The molecule has 2 rings (SSSR count). The number of hydrogen-bond donors (Lipinski definition) is 2. The van der Waals surface area contributed by atoms with Gasteiger partial charge in [0, 0.05) is 17.3 Å². The Morgan fingerprint density at radius 2 is 2.27 bits per heavy atom. The Kier molecular flexibility index (Phi) is 2.58. The molecule has 1 fully saturated rings. The highest BCUT2D eigenvalue weighted by atomic mass is 16.1. The van der Waals surface area contributed by atoms with Crippen LogP contribution < -0.4 is 11.1 Å². The summed E-state index contributed by atoms with van der Waals surface area (Å²) in [7, 11) is 0. The van der Waals surface area contributed by atoms with Crippen molar-refractivity contribution in [2.75, 3.05) is 5.73 Å². The molecule has 1 amide bonds. The van der Waals surface area contributed by atoms with E-state index in [0.29, 0.717) is 17.4 Å². The van der Waals surface area contributed by atoms with Crippen LogP contribution in [0.25, 0.3) is 0 Å². The lowest BCUT2D eigenvalue weighted by Gasteiger charge is -2.26. The Bertz CT molecular complexity index is 365. The lowest BCUT2D eigenvalue weighted by Crippen LogP contribution is -2.39. The Labute approximate surface area is 88.9 Å². The lowest BCUT2D eigenvalue weighted by molar-refractivity contribution is 0.0917. The van der Waals surface area contributed by atoms with Crippen LogP contribution in [-0.4, -0.2) is 16.9 Å². The first kappa shape index (κ1) is 9.96. The molecule has 1 saturated carbocycles.